The van der Waals surface area contributed by atoms with Crippen molar-refractivity contribution >= 4 is 21.7 Å². The number of carboxylic acids is 1. The molecule has 0 unspecified atom stereocenters. The van der Waals surface area contributed by atoms with Crippen LogP contribution < -0.4 is 9.04 Å². The van der Waals surface area contributed by atoms with Gasteiger partial charge in [-0.05, 0) is 79.4 Å². The van der Waals surface area contributed by atoms with Crippen molar-refractivity contribution in [2.75, 3.05) is 10.8 Å². The molecule has 3 aromatic rings. The van der Waals surface area contributed by atoms with Gasteiger partial charge in [-0.15, -0.1) is 13.2 Å². The van der Waals surface area contributed by atoms with E-state index >= 15 is 0 Å². The van der Waals surface area contributed by atoms with Crippen LogP contribution in [0.25, 0.3) is 11.1 Å². The highest BCUT2D eigenvalue weighted by Gasteiger charge is 2.31. The summed E-state index contributed by atoms with van der Waals surface area (Å²) >= 11 is 0. The zero-order valence-corrected chi connectivity index (χ0v) is 19.4. The average molecular weight is 494 g/mol. The number of carboxylic acid groups (broad SMARTS) is 1. The first kappa shape index (κ1) is 25.1. The third kappa shape index (κ3) is 5.33. The van der Waals surface area contributed by atoms with Gasteiger partial charge in [0, 0.05) is 6.54 Å². The van der Waals surface area contributed by atoms with Crippen LogP contribution in [0.4, 0.5) is 18.9 Å². The molecule has 3 rings (SSSR count). The highest BCUT2D eigenvalue weighted by molar-refractivity contribution is 7.92. The monoisotopic (exact) mass is 493 g/mol. The maximum absolute atomic E-state index is 13.3. The molecule has 0 saturated carbocycles. The summed E-state index contributed by atoms with van der Waals surface area (Å²) in [6.07, 6.45) is -4.78. The van der Waals surface area contributed by atoms with E-state index in [0.29, 0.717) is 27.9 Å². The number of halogens is 3. The van der Waals surface area contributed by atoms with Gasteiger partial charge in [0.15, 0.2) is 0 Å². The number of ether oxygens (including phenoxy) is 1. The third-order valence-corrected chi connectivity index (χ3v) is 7.20. The summed E-state index contributed by atoms with van der Waals surface area (Å²) in [7, 11) is -4.05. The molecule has 0 atom stereocenters. The lowest BCUT2D eigenvalue weighted by molar-refractivity contribution is -0.274. The molecule has 0 aliphatic heterocycles. The summed E-state index contributed by atoms with van der Waals surface area (Å²) in [5.41, 5.74) is 2.59. The van der Waals surface area contributed by atoms with Crippen molar-refractivity contribution < 1.29 is 36.2 Å². The molecule has 0 saturated heterocycles. The van der Waals surface area contributed by atoms with Crippen molar-refractivity contribution in [3.8, 4) is 16.9 Å². The third-order valence-electron chi connectivity index (χ3n) is 5.32. The molecule has 34 heavy (non-hydrogen) atoms. The van der Waals surface area contributed by atoms with Crippen molar-refractivity contribution in [1.29, 1.82) is 0 Å². The van der Waals surface area contributed by atoms with Crippen LogP contribution in [0, 0.1) is 13.8 Å². The number of hydrogen-bond acceptors (Lipinski definition) is 4. The van der Waals surface area contributed by atoms with Gasteiger partial charge in [0.05, 0.1) is 16.1 Å². The van der Waals surface area contributed by atoms with E-state index in [2.05, 4.69) is 4.74 Å². The van der Waals surface area contributed by atoms with Crippen molar-refractivity contribution in [2.45, 2.75) is 32.0 Å². The van der Waals surface area contributed by atoms with Crippen LogP contribution in [0.3, 0.4) is 0 Å². The molecular formula is C24H22F3NO5S. The van der Waals surface area contributed by atoms with Crippen molar-refractivity contribution in [2.24, 2.45) is 0 Å². The van der Waals surface area contributed by atoms with Gasteiger partial charge in [0.25, 0.3) is 10.0 Å². The maximum atomic E-state index is 13.3. The quantitative estimate of drug-likeness (QED) is 0.451. The number of anilines is 1. The van der Waals surface area contributed by atoms with Crippen LogP contribution in [0.5, 0.6) is 5.75 Å². The van der Waals surface area contributed by atoms with Crippen molar-refractivity contribution in [1.82, 2.24) is 0 Å². The van der Waals surface area contributed by atoms with E-state index in [9.17, 15) is 31.5 Å². The first-order chi connectivity index (χ1) is 15.8. The van der Waals surface area contributed by atoms with E-state index in [1.54, 1.807) is 45.0 Å². The van der Waals surface area contributed by atoms with Crippen LogP contribution in [0.1, 0.15) is 28.4 Å². The Morgan fingerprint density at radius 2 is 1.50 bits per heavy atom. The Balaban J connectivity index is 1.91. The average Bonchev–Trinajstić information content (AvgIpc) is 2.75. The summed E-state index contributed by atoms with van der Waals surface area (Å²) in [5, 5.41) is 9.43. The lowest BCUT2D eigenvalue weighted by Crippen LogP contribution is -2.31. The minimum atomic E-state index is -4.78. The Bertz CT molecular complexity index is 1300. The highest BCUT2D eigenvalue weighted by Crippen LogP contribution is 2.30. The number of alkyl halides is 3. The minimum absolute atomic E-state index is 0.0806. The summed E-state index contributed by atoms with van der Waals surface area (Å²) < 4.78 is 68.7. The number of benzene rings is 3. The largest absolute Gasteiger partial charge is 0.573 e. The van der Waals surface area contributed by atoms with Crippen LogP contribution in [-0.2, 0) is 10.0 Å². The molecule has 0 spiro atoms. The van der Waals surface area contributed by atoms with Gasteiger partial charge < -0.3 is 9.84 Å². The Morgan fingerprint density at radius 3 is 1.97 bits per heavy atom. The van der Waals surface area contributed by atoms with Crippen LogP contribution in [0.15, 0.2) is 65.6 Å². The van der Waals surface area contributed by atoms with Crippen molar-refractivity contribution in [3.63, 3.8) is 0 Å². The molecule has 0 aliphatic carbocycles. The molecule has 0 fully saturated rings. The number of nitrogens with zero attached hydrogens (tertiary/aromatic N) is 1. The topological polar surface area (TPSA) is 83.9 Å². The number of aryl methyl sites for hydroxylation is 1. The minimum Gasteiger partial charge on any atom is -0.478 e. The molecule has 3 aromatic carbocycles. The molecular weight excluding hydrogens is 471 g/mol. The fraction of sp³-hybridized carbons (Fsp3) is 0.208. The molecule has 0 aliphatic rings. The van der Waals surface area contributed by atoms with E-state index in [0.717, 1.165) is 10.4 Å². The van der Waals surface area contributed by atoms with Gasteiger partial charge in [0.2, 0.25) is 0 Å². The number of carbonyl (C=O) groups is 1. The predicted octanol–water partition coefficient (Wildman–Crippen LogP) is 5.78. The SMILES string of the molecule is CCN(c1ccc(-c2ccc(OC(F)(F)F)cc2)cc1)S(=O)(=O)c1cc(C)c(C)c(C(=O)O)c1. The first-order valence-electron chi connectivity index (χ1n) is 10.2. The van der Waals surface area contributed by atoms with Gasteiger partial charge in [-0.2, -0.15) is 0 Å². The summed E-state index contributed by atoms with van der Waals surface area (Å²) in [6.45, 7) is 5.02. The second-order valence-corrected chi connectivity index (χ2v) is 9.37. The maximum Gasteiger partial charge on any atom is 0.573 e. The van der Waals surface area contributed by atoms with Crippen LogP contribution in [-0.4, -0.2) is 32.4 Å². The number of hydrogen-bond donors (Lipinski definition) is 1. The molecule has 0 amide bonds. The number of sulfonamides is 1. The molecule has 1 N–H and O–H groups in total. The lowest BCUT2D eigenvalue weighted by atomic mass is 10.0. The van der Waals surface area contributed by atoms with E-state index in [1.807, 2.05) is 0 Å². The number of aromatic carboxylic acids is 1. The Hall–Kier alpha value is -3.53. The molecule has 6 nitrogen and oxygen atoms in total. The molecule has 10 heteroatoms. The molecule has 0 bridgehead atoms. The summed E-state index contributed by atoms with van der Waals surface area (Å²) in [4.78, 5) is 11.4. The van der Waals surface area contributed by atoms with E-state index in [1.165, 1.54) is 30.3 Å². The molecule has 0 heterocycles. The second-order valence-electron chi connectivity index (χ2n) is 7.51. The second kappa shape index (κ2) is 9.38. The van der Waals surface area contributed by atoms with Crippen LogP contribution in [0.2, 0.25) is 0 Å². The molecule has 0 radical (unpaired) electrons. The van der Waals surface area contributed by atoms with E-state index < -0.39 is 22.4 Å². The zero-order valence-electron chi connectivity index (χ0n) is 18.6. The Labute approximate surface area is 195 Å². The van der Waals surface area contributed by atoms with E-state index in [4.69, 9.17) is 0 Å². The summed E-state index contributed by atoms with van der Waals surface area (Å²) in [6, 6.07) is 14.4. The van der Waals surface area contributed by atoms with Gasteiger partial charge in [0.1, 0.15) is 5.75 Å². The van der Waals surface area contributed by atoms with Gasteiger partial charge in [-0.25, -0.2) is 13.2 Å². The molecule has 180 valence electrons. The van der Waals surface area contributed by atoms with Crippen LogP contribution >= 0.6 is 0 Å². The van der Waals surface area contributed by atoms with Gasteiger partial charge in [-0.1, -0.05) is 24.3 Å². The van der Waals surface area contributed by atoms with Crippen molar-refractivity contribution in [3.05, 3.63) is 77.4 Å². The normalized spacial score (nSPS) is 11.8. The summed E-state index contributed by atoms with van der Waals surface area (Å²) in [5.74, 6) is -1.55. The van der Waals surface area contributed by atoms with E-state index in [-0.39, 0.29) is 22.8 Å². The van der Waals surface area contributed by atoms with Gasteiger partial charge >= 0.3 is 12.3 Å². The predicted molar refractivity (Wildman–Crippen MR) is 122 cm³/mol. The number of rotatable bonds is 7. The zero-order chi connectivity index (χ0) is 25.3. The Kier molecular flexibility index (Phi) is 6.92. The standard InChI is InChI=1S/C24H22F3NO5S/c1-4-28(34(31,32)21-13-15(2)16(3)22(14-21)23(29)30)19-9-5-17(6-10-19)18-7-11-20(12-8-18)33-24(25,26)27/h5-14H,4H2,1-3H3,(H,29,30). The smallest absolute Gasteiger partial charge is 0.478 e. The first-order valence-corrected chi connectivity index (χ1v) is 11.6. The lowest BCUT2D eigenvalue weighted by Gasteiger charge is -2.24. The Morgan fingerprint density at radius 1 is 0.971 bits per heavy atom. The molecule has 0 aromatic heterocycles. The van der Waals surface area contributed by atoms with Gasteiger partial charge in [-0.3, -0.25) is 4.31 Å². The fourth-order valence-corrected chi connectivity index (χ4v) is 5.07. The highest BCUT2D eigenvalue weighted by atomic mass is 32.2. The fourth-order valence-electron chi connectivity index (χ4n) is 3.49.